The van der Waals surface area contributed by atoms with E-state index in [2.05, 4.69) is 13.8 Å². The lowest BCUT2D eigenvalue weighted by atomic mass is 9.70. The van der Waals surface area contributed by atoms with Gasteiger partial charge in [0.15, 0.2) is 0 Å². The van der Waals surface area contributed by atoms with Gasteiger partial charge < -0.3 is 4.74 Å². The maximum atomic E-state index is 5.81. The van der Waals surface area contributed by atoms with Crippen LogP contribution in [0.4, 0.5) is 0 Å². The van der Waals surface area contributed by atoms with Crippen molar-refractivity contribution in [3.63, 3.8) is 0 Å². The summed E-state index contributed by atoms with van der Waals surface area (Å²) in [6, 6.07) is 0. The fourth-order valence-corrected chi connectivity index (χ4v) is 4.95. The van der Waals surface area contributed by atoms with Gasteiger partial charge in [-0.05, 0) is 63.2 Å². The lowest BCUT2D eigenvalue weighted by Crippen LogP contribution is -2.28. The molecule has 0 aromatic heterocycles. The van der Waals surface area contributed by atoms with Crippen LogP contribution in [0.2, 0.25) is 0 Å². The molecule has 1 nitrogen and oxygen atoms in total. The Morgan fingerprint density at radius 1 is 0.682 bits per heavy atom. The highest BCUT2D eigenvalue weighted by atomic mass is 16.5. The van der Waals surface area contributed by atoms with Crippen molar-refractivity contribution in [1.29, 1.82) is 0 Å². The highest BCUT2D eigenvalue weighted by Gasteiger charge is 2.30. The molecule has 0 amide bonds. The minimum Gasteiger partial charge on any atom is -0.379 e. The number of rotatable bonds is 9. The first kappa shape index (κ1) is 18.3. The van der Waals surface area contributed by atoms with Crippen LogP contribution in [0.5, 0.6) is 0 Å². The average molecular weight is 309 g/mol. The SMILES string of the molecule is CCCCCCCC1CCC(C2CCC(OCC)CC2)CC1. The minimum atomic E-state index is 0.584. The van der Waals surface area contributed by atoms with Crippen molar-refractivity contribution in [1.82, 2.24) is 0 Å². The molecule has 0 atom stereocenters. The quantitative estimate of drug-likeness (QED) is 0.428. The molecule has 0 saturated heterocycles. The Kier molecular flexibility index (Phi) is 8.89. The second-order valence-corrected chi connectivity index (χ2v) is 7.98. The third-order valence-electron chi connectivity index (χ3n) is 6.40. The third-order valence-corrected chi connectivity index (χ3v) is 6.40. The van der Waals surface area contributed by atoms with Crippen LogP contribution >= 0.6 is 0 Å². The molecule has 0 aliphatic heterocycles. The summed E-state index contributed by atoms with van der Waals surface area (Å²) >= 11 is 0. The van der Waals surface area contributed by atoms with E-state index in [1.54, 1.807) is 0 Å². The zero-order chi connectivity index (χ0) is 15.6. The molecule has 0 radical (unpaired) electrons. The van der Waals surface area contributed by atoms with Gasteiger partial charge in [0.1, 0.15) is 0 Å². The normalized spacial score (nSPS) is 33.0. The summed E-state index contributed by atoms with van der Waals surface area (Å²) in [6.45, 7) is 5.34. The van der Waals surface area contributed by atoms with Gasteiger partial charge in [-0.1, -0.05) is 58.3 Å². The first-order chi connectivity index (χ1) is 10.8. The van der Waals surface area contributed by atoms with Crippen LogP contribution in [0.3, 0.4) is 0 Å². The second-order valence-electron chi connectivity index (χ2n) is 7.98. The highest BCUT2D eigenvalue weighted by Crippen LogP contribution is 2.41. The summed E-state index contributed by atoms with van der Waals surface area (Å²) in [5.74, 6) is 3.15. The lowest BCUT2D eigenvalue weighted by Gasteiger charge is -2.37. The molecule has 2 rings (SSSR count). The number of ether oxygens (including phenoxy) is 1. The molecule has 0 spiro atoms. The van der Waals surface area contributed by atoms with Crippen LogP contribution in [0.25, 0.3) is 0 Å². The van der Waals surface area contributed by atoms with E-state index in [9.17, 15) is 0 Å². The van der Waals surface area contributed by atoms with E-state index in [4.69, 9.17) is 4.74 Å². The molecule has 2 aliphatic carbocycles. The monoisotopic (exact) mass is 308 g/mol. The Labute approximate surface area is 139 Å². The largest absolute Gasteiger partial charge is 0.379 e. The molecule has 1 heteroatoms. The Morgan fingerprint density at radius 3 is 1.86 bits per heavy atom. The Hall–Kier alpha value is -0.0400. The predicted octanol–water partition coefficient (Wildman–Crippen LogP) is 6.75. The van der Waals surface area contributed by atoms with E-state index in [1.165, 1.54) is 89.9 Å². The van der Waals surface area contributed by atoms with Crippen LogP contribution in [0, 0.1) is 17.8 Å². The zero-order valence-corrected chi connectivity index (χ0v) is 15.3. The zero-order valence-electron chi connectivity index (χ0n) is 15.3. The van der Waals surface area contributed by atoms with Gasteiger partial charge in [-0.25, -0.2) is 0 Å². The molecule has 0 N–H and O–H groups in total. The van der Waals surface area contributed by atoms with Gasteiger partial charge in [-0.2, -0.15) is 0 Å². The first-order valence-electron chi connectivity index (χ1n) is 10.4. The van der Waals surface area contributed by atoms with Gasteiger partial charge in [0, 0.05) is 6.61 Å². The molecule has 0 aromatic rings. The average Bonchev–Trinajstić information content (AvgIpc) is 2.56. The summed E-state index contributed by atoms with van der Waals surface area (Å²) in [4.78, 5) is 0. The maximum absolute atomic E-state index is 5.81. The molecule has 0 bridgehead atoms. The molecular formula is C21H40O. The molecule has 130 valence electrons. The smallest absolute Gasteiger partial charge is 0.0575 e. The standard InChI is InChI=1S/C21H40O/c1-3-5-6-7-8-9-18-10-12-19(13-11-18)20-14-16-21(17-15-20)22-4-2/h18-21H,3-17H2,1-2H3. The van der Waals surface area contributed by atoms with Crippen molar-refractivity contribution < 1.29 is 4.74 Å². The maximum Gasteiger partial charge on any atom is 0.0575 e. The fourth-order valence-electron chi connectivity index (χ4n) is 4.95. The van der Waals surface area contributed by atoms with Crippen LogP contribution in [0.1, 0.15) is 104 Å². The number of hydrogen-bond acceptors (Lipinski definition) is 1. The summed E-state index contributed by atoms with van der Waals surface area (Å²) in [5, 5.41) is 0. The summed E-state index contributed by atoms with van der Waals surface area (Å²) in [7, 11) is 0. The van der Waals surface area contributed by atoms with E-state index >= 15 is 0 Å². The molecule has 0 aromatic carbocycles. The van der Waals surface area contributed by atoms with Gasteiger partial charge in [0.05, 0.1) is 6.10 Å². The van der Waals surface area contributed by atoms with Gasteiger partial charge in [0.2, 0.25) is 0 Å². The fraction of sp³-hybridized carbons (Fsp3) is 1.00. The van der Waals surface area contributed by atoms with Gasteiger partial charge in [-0.3, -0.25) is 0 Å². The third kappa shape index (κ3) is 6.22. The van der Waals surface area contributed by atoms with E-state index < -0.39 is 0 Å². The first-order valence-corrected chi connectivity index (χ1v) is 10.4. The van der Waals surface area contributed by atoms with E-state index in [0.717, 1.165) is 24.4 Å². The lowest BCUT2D eigenvalue weighted by molar-refractivity contribution is 0.0134. The van der Waals surface area contributed by atoms with Gasteiger partial charge in [-0.15, -0.1) is 0 Å². The van der Waals surface area contributed by atoms with Crippen LogP contribution in [0.15, 0.2) is 0 Å². The second kappa shape index (κ2) is 10.7. The topological polar surface area (TPSA) is 9.23 Å². The van der Waals surface area contributed by atoms with Crippen molar-refractivity contribution in [3.05, 3.63) is 0 Å². The minimum absolute atomic E-state index is 0.584. The summed E-state index contributed by atoms with van der Waals surface area (Å²) < 4.78 is 5.81. The van der Waals surface area contributed by atoms with Crippen molar-refractivity contribution in [2.24, 2.45) is 17.8 Å². The van der Waals surface area contributed by atoms with Crippen LogP contribution in [-0.4, -0.2) is 12.7 Å². The molecular weight excluding hydrogens is 268 g/mol. The molecule has 0 unspecified atom stereocenters. The molecule has 2 aliphatic rings. The molecule has 2 fully saturated rings. The van der Waals surface area contributed by atoms with Gasteiger partial charge >= 0.3 is 0 Å². The van der Waals surface area contributed by atoms with Crippen molar-refractivity contribution in [2.45, 2.75) is 110 Å². The molecule has 0 heterocycles. The Morgan fingerprint density at radius 2 is 1.27 bits per heavy atom. The van der Waals surface area contributed by atoms with E-state index in [0.29, 0.717) is 6.10 Å². The Balaban J connectivity index is 1.55. The van der Waals surface area contributed by atoms with Crippen LogP contribution < -0.4 is 0 Å². The summed E-state index contributed by atoms with van der Waals surface area (Å²) in [6.07, 6.45) is 21.0. The van der Waals surface area contributed by atoms with E-state index in [-0.39, 0.29) is 0 Å². The van der Waals surface area contributed by atoms with Crippen molar-refractivity contribution in [2.75, 3.05) is 6.61 Å². The van der Waals surface area contributed by atoms with Crippen LogP contribution in [-0.2, 0) is 4.74 Å². The molecule has 22 heavy (non-hydrogen) atoms. The number of unbranched alkanes of at least 4 members (excludes halogenated alkanes) is 4. The predicted molar refractivity (Wildman–Crippen MR) is 96.2 cm³/mol. The van der Waals surface area contributed by atoms with Crippen molar-refractivity contribution >= 4 is 0 Å². The van der Waals surface area contributed by atoms with Crippen molar-refractivity contribution in [3.8, 4) is 0 Å². The van der Waals surface area contributed by atoms with E-state index in [1.807, 2.05) is 0 Å². The number of hydrogen-bond donors (Lipinski definition) is 0. The Bertz CT molecular complexity index is 259. The summed E-state index contributed by atoms with van der Waals surface area (Å²) in [5.41, 5.74) is 0. The molecule has 2 saturated carbocycles. The van der Waals surface area contributed by atoms with Gasteiger partial charge in [0.25, 0.3) is 0 Å². The highest BCUT2D eigenvalue weighted by molar-refractivity contribution is 4.82.